The summed E-state index contributed by atoms with van der Waals surface area (Å²) in [4.78, 5) is 0. The molecule has 4 N–H and O–H groups in total. The molecule has 66 valence electrons. The van der Waals surface area contributed by atoms with E-state index in [0.29, 0.717) is 6.54 Å². The van der Waals surface area contributed by atoms with Crippen molar-refractivity contribution in [1.82, 2.24) is 0 Å². The van der Waals surface area contributed by atoms with Crippen molar-refractivity contribution in [2.75, 3.05) is 6.54 Å². The molecule has 0 radical (unpaired) electrons. The number of hydrogen-bond acceptors (Lipinski definition) is 2. The van der Waals surface area contributed by atoms with Crippen LogP contribution in [0.4, 0.5) is 0 Å². The summed E-state index contributed by atoms with van der Waals surface area (Å²) < 4.78 is 0. The molecule has 4 heteroatoms. The van der Waals surface area contributed by atoms with E-state index < -0.39 is 0 Å². The zero-order valence-corrected chi connectivity index (χ0v) is 7.85. The lowest BCUT2D eigenvalue weighted by atomic mass is 9.84. The molecule has 0 aromatic heterocycles. The van der Waals surface area contributed by atoms with Gasteiger partial charge in [-0.2, -0.15) is 0 Å². The van der Waals surface area contributed by atoms with E-state index in [1.807, 2.05) is 0 Å². The number of hydrogen-bond donors (Lipinski definition) is 2. The molecule has 1 aliphatic carbocycles. The first-order valence-electron chi connectivity index (χ1n) is 3.90. The lowest BCUT2D eigenvalue weighted by Crippen LogP contribution is -2.47. The van der Waals surface area contributed by atoms with Crippen LogP contribution in [-0.2, 0) is 0 Å². The fourth-order valence-electron chi connectivity index (χ4n) is 1.53. The molecule has 0 aliphatic heterocycles. The lowest BCUT2D eigenvalue weighted by molar-refractivity contribution is 0.325. The van der Waals surface area contributed by atoms with Gasteiger partial charge in [-0.1, -0.05) is 0 Å². The Balaban J connectivity index is 2.55. The minimum absolute atomic E-state index is 0.0463. The second-order valence-corrected chi connectivity index (χ2v) is 4.17. The van der Waals surface area contributed by atoms with Crippen molar-refractivity contribution in [2.24, 2.45) is 17.4 Å². The standard InChI is InChI=1S/C7H14Cl2N2/c8-5-1-2-6(11)4(3-10)7(5)9/h4-7H,1-3,10-11H2. The van der Waals surface area contributed by atoms with Crippen LogP contribution >= 0.6 is 23.2 Å². The Morgan fingerprint density at radius 2 is 1.91 bits per heavy atom. The second kappa shape index (κ2) is 3.94. The first-order valence-corrected chi connectivity index (χ1v) is 4.78. The van der Waals surface area contributed by atoms with Gasteiger partial charge < -0.3 is 11.5 Å². The summed E-state index contributed by atoms with van der Waals surface area (Å²) in [6.45, 7) is 0.540. The van der Waals surface area contributed by atoms with Crippen molar-refractivity contribution in [1.29, 1.82) is 0 Å². The summed E-state index contributed by atoms with van der Waals surface area (Å²) in [6, 6.07) is 0.137. The molecule has 11 heavy (non-hydrogen) atoms. The number of alkyl halides is 2. The Kier molecular flexibility index (Phi) is 3.44. The molecular formula is C7H14Cl2N2. The average Bonchev–Trinajstić information content (AvgIpc) is 1.99. The second-order valence-electron chi connectivity index (χ2n) is 3.10. The van der Waals surface area contributed by atoms with Crippen molar-refractivity contribution in [3.05, 3.63) is 0 Å². The largest absolute Gasteiger partial charge is 0.330 e. The first-order chi connectivity index (χ1) is 5.16. The maximum absolute atomic E-state index is 6.04. The van der Waals surface area contributed by atoms with E-state index in [9.17, 15) is 0 Å². The molecule has 0 aromatic carbocycles. The minimum atomic E-state index is -0.0505. The number of rotatable bonds is 1. The summed E-state index contributed by atoms with van der Waals surface area (Å²) in [5.74, 6) is 0.188. The predicted molar refractivity (Wildman–Crippen MR) is 49.0 cm³/mol. The fourth-order valence-corrected chi connectivity index (χ4v) is 2.26. The van der Waals surface area contributed by atoms with E-state index in [-0.39, 0.29) is 22.7 Å². The highest BCUT2D eigenvalue weighted by Crippen LogP contribution is 2.30. The van der Waals surface area contributed by atoms with E-state index in [1.54, 1.807) is 0 Å². The molecule has 4 atom stereocenters. The van der Waals surface area contributed by atoms with E-state index in [0.717, 1.165) is 12.8 Å². The highest BCUT2D eigenvalue weighted by molar-refractivity contribution is 6.30. The SMILES string of the molecule is NCC1C(N)CCC(Cl)C1Cl. The van der Waals surface area contributed by atoms with Gasteiger partial charge in [-0.15, -0.1) is 23.2 Å². The Morgan fingerprint density at radius 3 is 2.36 bits per heavy atom. The first kappa shape index (κ1) is 9.59. The topological polar surface area (TPSA) is 52.0 Å². The molecule has 4 unspecified atom stereocenters. The summed E-state index contributed by atoms with van der Waals surface area (Å²) in [5.41, 5.74) is 11.3. The van der Waals surface area contributed by atoms with Gasteiger partial charge in [0, 0.05) is 12.0 Å². The van der Waals surface area contributed by atoms with Crippen LogP contribution in [0.5, 0.6) is 0 Å². The van der Waals surface area contributed by atoms with Crippen molar-refractivity contribution < 1.29 is 0 Å². The van der Waals surface area contributed by atoms with E-state index in [1.165, 1.54) is 0 Å². The number of halogens is 2. The maximum atomic E-state index is 6.04. The van der Waals surface area contributed by atoms with Gasteiger partial charge in [-0.25, -0.2) is 0 Å². The summed E-state index contributed by atoms with van der Waals surface area (Å²) in [7, 11) is 0. The van der Waals surface area contributed by atoms with Crippen LogP contribution in [0.25, 0.3) is 0 Å². The molecule has 0 spiro atoms. The average molecular weight is 197 g/mol. The fraction of sp³-hybridized carbons (Fsp3) is 1.00. The molecule has 1 rings (SSSR count). The van der Waals surface area contributed by atoms with E-state index in [4.69, 9.17) is 34.7 Å². The molecular weight excluding hydrogens is 183 g/mol. The molecule has 1 aliphatic rings. The van der Waals surface area contributed by atoms with Gasteiger partial charge >= 0.3 is 0 Å². The Morgan fingerprint density at radius 1 is 1.27 bits per heavy atom. The van der Waals surface area contributed by atoms with Crippen molar-refractivity contribution in [3.63, 3.8) is 0 Å². The third-order valence-corrected chi connectivity index (χ3v) is 3.60. The van der Waals surface area contributed by atoms with Crippen molar-refractivity contribution in [2.45, 2.75) is 29.6 Å². The van der Waals surface area contributed by atoms with Crippen molar-refractivity contribution in [3.8, 4) is 0 Å². The predicted octanol–water partition coefficient (Wildman–Crippen LogP) is 0.897. The summed E-state index contributed by atoms with van der Waals surface area (Å²) in [6.07, 6.45) is 1.85. The molecule has 0 amide bonds. The Hall–Kier alpha value is 0.500. The van der Waals surface area contributed by atoms with E-state index in [2.05, 4.69) is 0 Å². The molecule has 1 saturated carbocycles. The third-order valence-electron chi connectivity index (χ3n) is 2.35. The molecule has 2 nitrogen and oxygen atoms in total. The normalized spacial score (nSPS) is 45.8. The highest BCUT2D eigenvalue weighted by Gasteiger charge is 2.34. The minimum Gasteiger partial charge on any atom is -0.330 e. The van der Waals surface area contributed by atoms with Gasteiger partial charge in [0.05, 0.1) is 10.8 Å². The molecule has 0 aromatic rings. The zero-order valence-electron chi connectivity index (χ0n) is 6.34. The molecule has 0 saturated heterocycles. The van der Waals surface area contributed by atoms with Crippen LogP contribution in [0.1, 0.15) is 12.8 Å². The van der Waals surface area contributed by atoms with Gasteiger partial charge in [0.2, 0.25) is 0 Å². The van der Waals surface area contributed by atoms with Gasteiger partial charge in [0.1, 0.15) is 0 Å². The van der Waals surface area contributed by atoms with Gasteiger partial charge in [-0.05, 0) is 19.4 Å². The third kappa shape index (κ3) is 2.00. The molecule has 0 heterocycles. The van der Waals surface area contributed by atoms with Crippen LogP contribution in [-0.4, -0.2) is 23.3 Å². The van der Waals surface area contributed by atoms with Crippen LogP contribution in [0, 0.1) is 5.92 Å². The van der Waals surface area contributed by atoms with Crippen LogP contribution < -0.4 is 11.5 Å². The number of nitrogens with two attached hydrogens (primary N) is 2. The Bertz CT molecular complexity index is 132. The van der Waals surface area contributed by atoms with Crippen LogP contribution in [0.3, 0.4) is 0 Å². The quantitative estimate of drug-likeness (QED) is 0.613. The monoisotopic (exact) mass is 196 g/mol. The highest BCUT2D eigenvalue weighted by atomic mass is 35.5. The summed E-state index contributed by atoms with van der Waals surface area (Å²) >= 11 is 12.0. The maximum Gasteiger partial charge on any atom is 0.0554 e. The molecule has 1 fully saturated rings. The van der Waals surface area contributed by atoms with Gasteiger partial charge in [-0.3, -0.25) is 0 Å². The smallest absolute Gasteiger partial charge is 0.0554 e. The van der Waals surface area contributed by atoms with Crippen LogP contribution in [0.2, 0.25) is 0 Å². The van der Waals surface area contributed by atoms with Gasteiger partial charge in [0.15, 0.2) is 0 Å². The lowest BCUT2D eigenvalue weighted by Gasteiger charge is -2.35. The molecule has 0 bridgehead atoms. The van der Waals surface area contributed by atoms with Crippen LogP contribution in [0.15, 0.2) is 0 Å². The van der Waals surface area contributed by atoms with Crippen molar-refractivity contribution >= 4 is 23.2 Å². The Labute approximate surface area is 77.2 Å². The summed E-state index contributed by atoms with van der Waals surface area (Å²) in [5, 5.41) is -0.00423. The van der Waals surface area contributed by atoms with E-state index >= 15 is 0 Å². The zero-order chi connectivity index (χ0) is 8.43. The van der Waals surface area contributed by atoms with Gasteiger partial charge in [0.25, 0.3) is 0 Å².